The van der Waals surface area contributed by atoms with Crippen molar-refractivity contribution in [1.82, 2.24) is 5.43 Å². The van der Waals surface area contributed by atoms with Crippen molar-refractivity contribution in [3.8, 4) is 5.75 Å². The molecule has 2 N–H and O–H groups in total. The Morgan fingerprint density at radius 3 is 2.52 bits per heavy atom. The number of hydrogen-bond donors (Lipinski definition) is 2. The third kappa shape index (κ3) is 4.02. The van der Waals surface area contributed by atoms with Gasteiger partial charge in [0.05, 0.1) is 6.21 Å². The number of phenols is 1. The maximum absolute atomic E-state index is 12.5. The molecule has 1 aliphatic rings. The zero-order valence-electron chi connectivity index (χ0n) is 17.0. The first-order valence-corrected chi connectivity index (χ1v) is 9.98. The van der Waals surface area contributed by atoms with Crippen LogP contribution in [0.15, 0.2) is 65.8 Å². The quantitative estimate of drug-likeness (QED) is 0.484. The van der Waals surface area contributed by atoms with Crippen molar-refractivity contribution >= 4 is 22.9 Å². The van der Waals surface area contributed by atoms with Crippen LogP contribution in [-0.4, -0.2) is 17.2 Å². The Labute approximate surface area is 171 Å². The van der Waals surface area contributed by atoms with E-state index in [4.69, 9.17) is 0 Å². The first kappa shape index (κ1) is 19.2. The predicted molar refractivity (Wildman–Crippen MR) is 117 cm³/mol. The van der Waals surface area contributed by atoms with Gasteiger partial charge in [-0.2, -0.15) is 5.10 Å². The second-order valence-electron chi connectivity index (χ2n) is 8.77. The number of fused-ring (bicyclic) bond motifs is 1. The molecule has 3 aromatic rings. The Bertz CT molecular complexity index is 1080. The molecule has 148 valence electrons. The van der Waals surface area contributed by atoms with Crippen molar-refractivity contribution in [3.63, 3.8) is 0 Å². The number of aromatic hydroxyl groups is 1. The van der Waals surface area contributed by atoms with E-state index in [0.29, 0.717) is 5.56 Å². The molecule has 0 spiro atoms. The SMILES string of the molecule is CC(C)(C)c1ccc([C@@H]2C[C@@H]2C(=O)N/N=C/c2c(O)ccc3ccccc23)cc1. The second-order valence-corrected chi connectivity index (χ2v) is 8.77. The summed E-state index contributed by atoms with van der Waals surface area (Å²) in [5, 5.41) is 16.2. The number of benzene rings is 3. The van der Waals surface area contributed by atoms with Gasteiger partial charge in [-0.25, -0.2) is 5.43 Å². The van der Waals surface area contributed by atoms with E-state index in [2.05, 4.69) is 55.6 Å². The zero-order chi connectivity index (χ0) is 20.6. The van der Waals surface area contributed by atoms with Crippen molar-refractivity contribution in [2.75, 3.05) is 0 Å². The summed E-state index contributed by atoms with van der Waals surface area (Å²) in [7, 11) is 0. The molecular formula is C25H26N2O2. The summed E-state index contributed by atoms with van der Waals surface area (Å²) in [4.78, 5) is 12.5. The fourth-order valence-electron chi connectivity index (χ4n) is 3.75. The van der Waals surface area contributed by atoms with Gasteiger partial charge in [0.2, 0.25) is 5.91 Å². The Hall–Kier alpha value is -3.14. The van der Waals surface area contributed by atoms with Gasteiger partial charge < -0.3 is 5.11 Å². The summed E-state index contributed by atoms with van der Waals surface area (Å²) in [6.45, 7) is 6.59. The summed E-state index contributed by atoms with van der Waals surface area (Å²) >= 11 is 0. The smallest absolute Gasteiger partial charge is 0.243 e. The maximum Gasteiger partial charge on any atom is 0.243 e. The zero-order valence-corrected chi connectivity index (χ0v) is 17.0. The number of hydrazone groups is 1. The van der Waals surface area contributed by atoms with Gasteiger partial charge in [-0.1, -0.05) is 75.4 Å². The Balaban J connectivity index is 1.41. The third-order valence-corrected chi connectivity index (χ3v) is 5.65. The highest BCUT2D eigenvalue weighted by Gasteiger charge is 2.44. The van der Waals surface area contributed by atoms with Crippen molar-refractivity contribution < 1.29 is 9.90 Å². The van der Waals surface area contributed by atoms with E-state index in [1.165, 1.54) is 17.3 Å². The fraction of sp³-hybridized carbons (Fsp3) is 0.280. The topological polar surface area (TPSA) is 61.7 Å². The molecule has 1 saturated carbocycles. The Kier molecular flexibility index (Phi) is 4.87. The van der Waals surface area contributed by atoms with E-state index in [0.717, 1.165) is 17.2 Å². The highest BCUT2D eigenvalue weighted by Crippen LogP contribution is 2.47. The van der Waals surface area contributed by atoms with Crippen molar-refractivity contribution in [2.45, 2.75) is 38.5 Å². The summed E-state index contributed by atoms with van der Waals surface area (Å²) in [6.07, 6.45) is 2.36. The molecular weight excluding hydrogens is 360 g/mol. The lowest BCUT2D eigenvalue weighted by atomic mass is 9.86. The van der Waals surface area contributed by atoms with Crippen molar-refractivity contribution in [1.29, 1.82) is 0 Å². The highest BCUT2D eigenvalue weighted by atomic mass is 16.3. The number of nitrogens with zero attached hydrogens (tertiary/aromatic N) is 1. The molecule has 4 nitrogen and oxygen atoms in total. The number of amides is 1. The molecule has 0 saturated heterocycles. The fourth-order valence-corrected chi connectivity index (χ4v) is 3.75. The number of carbonyl (C=O) groups excluding carboxylic acids is 1. The van der Waals surface area contributed by atoms with Crippen LogP contribution in [-0.2, 0) is 10.2 Å². The van der Waals surface area contributed by atoms with E-state index in [9.17, 15) is 9.90 Å². The Morgan fingerprint density at radius 2 is 1.79 bits per heavy atom. The van der Waals surface area contributed by atoms with Crippen LogP contribution >= 0.6 is 0 Å². The number of carbonyl (C=O) groups is 1. The summed E-state index contributed by atoms with van der Waals surface area (Å²) in [5.74, 6) is 0.273. The van der Waals surface area contributed by atoms with Crippen LogP contribution in [0.1, 0.15) is 49.8 Å². The number of rotatable bonds is 4. The average Bonchev–Trinajstić information content (AvgIpc) is 3.50. The van der Waals surface area contributed by atoms with Gasteiger partial charge in [0.25, 0.3) is 0 Å². The van der Waals surface area contributed by atoms with Gasteiger partial charge >= 0.3 is 0 Å². The van der Waals surface area contributed by atoms with Crippen LogP contribution in [0.3, 0.4) is 0 Å². The van der Waals surface area contributed by atoms with Gasteiger partial charge in [-0.05, 0) is 45.7 Å². The van der Waals surface area contributed by atoms with Crippen LogP contribution in [0.25, 0.3) is 10.8 Å². The monoisotopic (exact) mass is 386 g/mol. The van der Waals surface area contributed by atoms with Crippen LogP contribution in [0.4, 0.5) is 0 Å². The molecule has 1 fully saturated rings. The normalized spacial score (nSPS) is 18.9. The molecule has 29 heavy (non-hydrogen) atoms. The molecule has 0 aliphatic heterocycles. The molecule has 1 amide bonds. The molecule has 2 atom stereocenters. The minimum Gasteiger partial charge on any atom is -0.507 e. The molecule has 0 bridgehead atoms. The molecule has 4 rings (SSSR count). The van der Waals surface area contributed by atoms with Gasteiger partial charge in [0, 0.05) is 11.5 Å². The first-order chi connectivity index (χ1) is 13.8. The average molecular weight is 386 g/mol. The van der Waals surface area contributed by atoms with Crippen molar-refractivity contribution in [3.05, 3.63) is 77.4 Å². The molecule has 4 heteroatoms. The van der Waals surface area contributed by atoms with Gasteiger partial charge in [0.15, 0.2) is 0 Å². The molecule has 1 aliphatic carbocycles. The standard InChI is InChI=1S/C25H26N2O2/c1-25(2,3)18-11-8-17(9-12-18)20-14-21(20)24(29)27-26-15-22-19-7-5-4-6-16(19)10-13-23(22)28/h4-13,15,20-21,28H,14H2,1-3H3,(H,27,29)/b26-15+/t20-,21-/m0/s1. The van der Waals surface area contributed by atoms with Crippen molar-refractivity contribution in [2.24, 2.45) is 11.0 Å². The minimum absolute atomic E-state index is 0.0475. The van der Waals surface area contributed by atoms with Gasteiger partial charge in [-0.3, -0.25) is 4.79 Å². The predicted octanol–water partition coefficient (Wildman–Crippen LogP) is 5.10. The molecule has 0 radical (unpaired) electrons. The molecule has 3 aromatic carbocycles. The van der Waals surface area contributed by atoms with Crippen LogP contribution in [0.2, 0.25) is 0 Å². The van der Waals surface area contributed by atoms with Crippen LogP contribution in [0.5, 0.6) is 5.75 Å². The maximum atomic E-state index is 12.5. The second kappa shape index (κ2) is 7.36. The van der Waals surface area contributed by atoms with E-state index in [-0.39, 0.29) is 28.9 Å². The number of hydrogen-bond acceptors (Lipinski definition) is 3. The minimum atomic E-state index is -0.0779. The highest BCUT2D eigenvalue weighted by molar-refractivity contribution is 6.02. The number of phenolic OH excluding ortho intramolecular Hbond substituents is 1. The van der Waals surface area contributed by atoms with E-state index in [1.807, 2.05) is 30.3 Å². The number of nitrogens with one attached hydrogen (secondary N) is 1. The molecule has 0 heterocycles. The lowest BCUT2D eigenvalue weighted by Gasteiger charge is -2.19. The van der Waals surface area contributed by atoms with Gasteiger partial charge in [0.1, 0.15) is 5.75 Å². The van der Waals surface area contributed by atoms with Gasteiger partial charge in [-0.15, -0.1) is 0 Å². The van der Waals surface area contributed by atoms with Crippen LogP contribution in [0, 0.1) is 5.92 Å². The first-order valence-electron chi connectivity index (χ1n) is 9.98. The third-order valence-electron chi connectivity index (χ3n) is 5.65. The van der Waals surface area contributed by atoms with Crippen LogP contribution < -0.4 is 5.43 Å². The van der Waals surface area contributed by atoms with E-state index < -0.39 is 0 Å². The molecule has 0 unspecified atom stereocenters. The lowest BCUT2D eigenvalue weighted by Crippen LogP contribution is -2.20. The Morgan fingerprint density at radius 1 is 1.07 bits per heavy atom. The lowest BCUT2D eigenvalue weighted by molar-refractivity contribution is -0.122. The van der Waals surface area contributed by atoms with E-state index >= 15 is 0 Å². The van der Waals surface area contributed by atoms with E-state index in [1.54, 1.807) is 6.07 Å². The molecule has 0 aromatic heterocycles. The summed E-state index contributed by atoms with van der Waals surface area (Å²) in [5.41, 5.74) is 5.87. The largest absolute Gasteiger partial charge is 0.507 e. The summed E-state index contributed by atoms with van der Waals surface area (Å²) < 4.78 is 0. The summed E-state index contributed by atoms with van der Waals surface area (Å²) in [6, 6.07) is 19.9.